The average Bonchev–Trinajstić information content (AvgIpc) is 3.17. The van der Waals surface area contributed by atoms with E-state index >= 15 is 0 Å². The van der Waals surface area contributed by atoms with Crippen LogP contribution < -0.4 is 19.6 Å². The SMILES string of the molecule is CCOc1ccc(-c2csc(N/N=C\c3ccc(OC)c(OC)c3)n2)cc1. The van der Waals surface area contributed by atoms with Gasteiger partial charge in [-0.1, -0.05) is 0 Å². The second kappa shape index (κ2) is 9.05. The maximum atomic E-state index is 5.46. The molecule has 0 amide bonds. The lowest BCUT2D eigenvalue weighted by molar-refractivity contribution is 0.340. The lowest BCUT2D eigenvalue weighted by Crippen LogP contribution is -1.94. The molecule has 1 N–H and O–H groups in total. The molecule has 0 aliphatic rings. The van der Waals surface area contributed by atoms with Gasteiger partial charge in [-0.2, -0.15) is 5.10 Å². The van der Waals surface area contributed by atoms with E-state index in [1.165, 1.54) is 11.3 Å². The predicted molar refractivity (Wildman–Crippen MR) is 109 cm³/mol. The first-order valence-corrected chi connectivity index (χ1v) is 9.31. The van der Waals surface area contributed by atoms with Crippen molar-refractivity contribution < 1.29 is 14.2 Å². The van der Waals surface area contributed by atoms with Gasteiger partial charge in [-0.3, -0.25) is 5.43 Å². The van der Waals surface area contributed by atoms with Crippen LogP contribution in [0.15, 0.2) is 52.9 Å². The number of thiazole rings is 1. The van der Waals surface area contributed by atoms with E-state index in [-0.39, 0.29) is 0 Å². The highest BCUT2D eigenvalue weighted by Gasteiger charge is 2.05. The molecule has 0 aliphatic heterocycles. The molecule has 2 aromatic carbocycles. The van der Waals surface area contributed by atoms with Crippen LogP contribution in [0.4, 0.5) is 5.13 Å². The molecule has 1 heterocycles. The summed E-state index contributed by atoms with van der Waals surface area (Å²) in [5.74, 6) is 2.20. The minimum Gasteiger partial charge on any atom is -0.494 e. The first-order chi connectivity index (χ1) is 13.2. The highest BCUT2D eigenvalue weighted by Crippen LogP contribution is 2.28. The number of benzene rings is 2. The van der Waals surface area contributed by atoms with Gasteiger partial charge < -0.3 is 14.2 Å². The molecule has 0 bridgehead atoms. The molecular formula is C20H21N3O3S. The summed E-state index contributed by atoms with van der Waals surface area (Å²) in [4.78, 5) is 4.56. The lowest BCUT2D eigenvalue weighted by atomic mass is 10.2. The zero-order valence-corrected chi connectivity index (χ0v) is 16.2. The molecule has 3 rings (SSSR count). The Morgan fingerprint density at radius 1 is 1.07 bits per heavy atom. The fraction of sp³-hybridized carbons (Fsp3) is 0.200. The van der Waals surface area contributed by atoms with Crippen molar-refractivity contribution in [3.63, 3.8) is 0 Å². The summed E-state index contributed by atoms with van der Waals surface area (Å²) < 4.78 is 16.0. The zero-order chi connectivity index (χ0) is 19.1. The summed E-state index contributed by atoms with van der Waals surface area (Å²) in [5, 5.41) is 6.95. The predicted octanol–water partition coefficient (Wildman–Crippen LogP) is 4.67. The summed E-state index contributed by atoms with van der Waals surface area (Å²) in [6.07, 6.45) is 1.71. The molecule has 0 aliphatic carbocycles. The number of nitrogens with one attached hydrogen (secondary N) is 1. The molecule has 0 spiro atoms. The molecule has 0 saturated carbocycles. The molecule has 0 unspecified atom stereocenters. The Kier molecular flexibility index (Phi) is 6.27. The first-order valence-electron chi connectivity index (χ1n) is 8.43. The van der Waals surface area contributed by atoms with Crippen LogP contribution in [0.3, 0.4) is 0 Å². The molecule has 0 fully saturated rings. The van der Waals surface area contributed by atoms with Crippen LogP contribution in [-0.2, 0) is 0 Å². The number of methoxy groups -OCH3 is 2. The van der Waals surface area contributed by atoms with Crippen molar-refractivity contribution in [1.29, 1.82) is 0 Å². The van der Waals surface area contributed by atoms with Crippen molar-refractivity contribution >= 4 is 22.7 Å². The monoisotopic (exact) mass is 383 g/mol. The summed E-state index contributed by atoms with van der Waals surface area (Å²) in [7, 11) is 3.21. The maximum Gasteiger partial charge on any atom is 0.203 e. The Morgan fingerprint density at radius 2 is 1.85 bits per heavy atom. The number of anilines is 1. The number of rotatable bonds is 8. The van der Waals surface area contributed by atoms with Gasteiger partial charge in [0.1, 0.15) is 5.75 Å². The van der Waals surface area contributed by atoms with Gasteiger partial charge in [-0.15, -0.1) is 11.3 Å². The molecule has 6 nitrogen and oxygen atoms in total. The van der Waals surface area contributed by atoms with Crippen LogP contribution in [-0.4, -0.2) is 32.0 Å². The van der Waals surface area contributed by atoms with E-state index in [1.54, 1.807) is 20.4 Å². The highest BCUT2D eigenvalue weighted by molar-refractivity contribution is 7.14. The minimum atomic E-state index is 0.655. The second-order valence-corrected chi connectivity index (χ2v) is 6.34. The van der Waals surface area contributed by atoms with Crippen molar-refractivity contribution in [2.45, 2.75) is 6.92 Å². The van der Waals surface area contributed by atoms with E-state index in [9.17, 15) is 0 Å². The average molecular weight is 383 g/mol. The van der Waals surface area contributed by atoms with Gasteiger partial charge in [-0.25, -0.2) is 4.98 Å². The number of aromatic nitrogens is 1. The molecule has 0 atom stereocenters. The molecule has 0 saturated heterocycles. The summed E-state index contributed by atoms with van der Waals surface area (Å²) in [5.41, 5.74) is 5.78. The van der Waals surface area contributed by atoms with Gasteiger partial charge in [0.15, 0.2) is 11.5 Å². The van der Waals surface area contributed by atoms with Crippen LogP contribution in [0.1, 0.15) is 12.5 Å². The number of hydrogen-bond acceptors (Lipinski definition) is 7. The Labute approximate surface area is 162 Å². The summed E-state index contributed by atoms with van der Waals surface area (Å²) in [6.45, 7) is 2.62. The van der Waals surface area contributed by atoms with Crippen molar-refractivity contribution in [2.75, 3.05) is 26.3 Å². The van der Waals surface area contributed by atoms with Gasteiger partial charge >= 0.3 is 0 Å². The second-order valence-electron chi connectivity index (χ2n) is 5.48. The third kappa shape index (κ3) is 4.77. The van der Waals surface area contributed by atoms with E-state index in [0.29, 0.717) is 18.1 Å². The smallest absolute Gasteiger partial charge is 0.203 e. The van der Waals surface area contributed by atoms with Crippen molar-refractivity contribution in [3.05, 3.63) is 53.4 Å². The van der Waals surface area contributed by atoms with Crippen LogP contribution in [0, 0.1) is 0 Å². The lowest BCUT2D eigenvalue weighted by Gasteiger charge is -2.07. The van der Waals surface area contributed by atoms with Crippen LogP contribution >= 0.6 is 11.3 Å². The molecule has 7 heteroatoms. The van der Waals surface area contributed by atoms with Gasteiger partial charge in [0, 0.05) is 10.9 Å². The van der Waals surface area contributed by atoms with Crippen LogP contribution in [0.2, 0.25) is 0 Å². The summed E-state index contributed by atoms with van der Waals surface area (Å²) in [6, 6.07) is 13.5. The van der Waals surface area contributed by atoms with E-state index in [4.69, 9.17) is 14.2 Å². The molecule has 140 valence electrons. The van der Waals surface area contributed by atoms with Crippen molar-refractivity contribution in [1.82, 2.24) is 4.98 Å². The molecule has 3 aromatic rings. The molecule has 0 radical (unpaired) electrons. The van der Waals surface area contributed by atoms with Crippen LogP contribution in [0.5, 0.6) is 17.2 Å². The quantitative estimate of drug-likeness (QED) is 0.452. The van der Waals surface area contributed by atoms with Crippen molar-refractivity contribution in [3.8, 4) is 28.5 Å². The standard InChI is InChI=1S/C20H21N3O3S/c1-4-26-16-8-6-15(7-9-16)17-13-27-20(22-17)23-21-12-14-5-10-18(24-2)19(11-14)25-3/h5-13H,4H2,1-3H3,(H,22,23)/b21-12-. The van der Waals surface area contributed by atoms with Gasteiger partial charge in [0.25, 0.3) is 0 Å². The van der Waals surface area contributed by atoms with Crippen LogP contribution in [0.25, 0.3) is 11.3 Å². The first kappa shape index (κ1) is 18.7. The normalized spacial score (nSPS) is 10.8. The fourth-order valence-corrected chi connectivity index (χ4v) is 3.11. The Balaban J connectivity index is 1.65. The largest absolute Gasteiger partial charge is 0.494 e. The molecule has 27 heavy (non-hydrogen) atoms. The Bertz CT molecular complexity index is 907. The fourth-order valence-electron chi connectivity index (χ4n) is 2.44. The third-order valence-electron chi connectivity index (χ3n) is 3.75. The number of hydrogen-bond donors (Lipinski definition) is 1. The van der Waals surface area contributed by atoms with E-state index in [2.05, 4.69) is 15.5 Å². The molecular weight excluding hydrogens is 362 g/mol. The van der Waals surface area contributed by atoms with Gasteiger partial charge in [0.2, 0.25) is 5.13 Å². The number of nitrogens with zero attached hydrogens (tertiary/aromatic N) is 2. The molecule has 1 aromatic heterocycles. The van der Waals surface area contributed by atoms with Gasteiger partial charge in [-0.05, 0) is 55.0 Å². The van der Waals surface area contributed by atoms with Gasteiger partial charge in [0.05, 0.1) is 32.7 Å². The Morgan fingerprint density at radius 3 is 2.56 bits per heavy atom. The van der Waals surface area contributed by atoms with Crippen molar-refractivity contribution in [2.24, 2.45) is 5.10 Å². The Hall–Kier alpha value is -3.06. The maximum absolute atomic E-state index is 5.46. The minimum absolute atomic E-state index is 0.655. The zero-order valence-electron chi connectivity index (χ0n) is 15.4. The van der Waals surface area contributed by atoms with E-state index < -0.39 is 0 Å². The number of ether oxygens (including phenoxy) is 3. The summed E-state index contributed by atoms with van der Waals surface area (Å²) >= 11 is 1.50. The third-order valence-corrected chi connectivity index (χ3v) is 4.49. The highest BCUT2D eigenvalue weighted by atomic mass is 32.1. The topological polar surface area (TPSA) is 65.0 Å². The van der Waals surface area contributed by atoms with E-state index in [0.717, 1.165) is 27.7 Å². The number of hydrazone groups is 1. The van der Waals surface area contributed by atoms with E-state index in [1.807, 2.05) is 54.8 Å².